The molecule has 2 fully saturated rings. The van der Waals surface area contributed by atoms with Crippen molar-refractivity contribution in [1.29, 1.82) is 0 Å². The van der Waals surface area contributed by atoms with Crippen molar-refractivity contribution in [2.45, 2.75) is 24.9 Å². The van der Waals surface area contributed by atoms with Crippen LogP contribution in [-0.2, 0) is 4.79 Å². The fourth-order valence-corrected chi connectivity index (χ4v) is 6.39. The molecule has 1 amide bonds. The summed E-state index contributed by atoms with van der Waals surface area (Å²) in [5.41, 5.74) is -0.339. The minimum atomic E-state index is -0.961. The zero-order valence-electron chi connectivity index (χ0n) is 24.3. The van der Waals surface area contributed by atoms with Crippen LogP contribution in [0.5, 0.6) is 11.8 Å². The Balaban J connectivity index is 1.28. The van der Waals surface area contributed by atoms with E-state index in [1.807, 2.05) is 4.90 Å². The molecule has 13 heteroatoms. The summed E-state index contributed by atoms with van der Waals surface area (Å²) in [4.78, 5) is 37.7. The number of terminal acetylenes is 1. The molecular formula is C33H24F3N7O3. The summed E-state index contributed by atoms with van der Waals surface area (Å²) in [7, 11) is 1.35. The third-order valence-corrected chi connectivity index (χ3v) is 8.34. The van der Waals surface area contributed by atoms with Gasteiger partial charge in [0.15, 0.2) is 17.5 Å². The summed E-state index contributed by atoms with van der Waals surface area (Å²) >= 11 is 0. The molecule has 0 aliphatic carbocycles. The first kappa shape index (κ1) is 29.0. The number of benzene rings is 2. The van der Waals surface area contributed by atoms with Crippen LogP contribution >= 0.6 is 0 Å². The molecular weight excluding hydrogens is 599 g/mol. The number of aromatic hydroxyl groups is 1. The van der Waals surface area contributed by atoms with Crippen molar-refractivity contribution in [1.82, 2.24) is 29.8 Å². The number of fused-ring (bicyclic) bond motifs is 4. The number of anilines is 1. The molecule has 2 aliphatic rings. The number of ether oxygens (including phenoxy) is 1. The molecule has 1 N–H and O–H groups in total. The number of carbonyl (C=O) groups excluding carboxylic acids is 1. The van der Waals surface area contributed by atoms with Gasteiger partial charge in [0.25, 0.3) is 5.91 Å². The zero-order chi connectivity index (χ0) is 32.1. The predicted octanol–water partition coefficient (Wildman–Crippen LogP) is 4.80. The average molecular weight is 624 g/mol. The number of amides is 1. The number of carbonyl (C=O) groups is 1. The molecule has 10 nitrogen and oxygen atoms in total. The topological polar surface area (TPSA) is 117 Å². The van der Waals surface area contributed by atoms with Gasteiger partial charge in [-0.3, -0.25) is 9.78 Å². The smallest absolute Gasteiger partial charge is 0.318 e. The number of phenols is 1. The van der Waals surface area contributed by atoms with Crippen molar-refractivity contribution in [2.75, 3.05) is 25.1 Å². The minimum absolute atomic E-state index is 0.0853. The summed E-state index contributed by atoms with van der Waals surface area (Å²) in [6.45, 7) is 0.579. The number of phenolic OH excluding ortho intramolecular Hbond substituents is 1. The maximum atomic E-state index is 16.5. The molecule has 2 aliphatic heterocycles. The molecule has 2 atom stereocenters. The van der Waals surface area contributed by atoms with E-state index in [9.17, 15) is 14.3 Å². The van der Waals surface area contributed by atoms with Crippen molar-refractivity contribution in [3.8, 4) is 35.4 Å². The number of piperazine rings is 1. The third kappa shape index (κ3) is 4.79. The summed E-state index contributed by atoms with van der Waals surface area (Å²) in [5, 5.41) is 11.3. The number of methoxy groups -OCH3 is 1. The van der Waals surface area contributed by atoms with Crippen LogP contribution in [0.1, 0.15) is 24.2 Å². The summed E-state index contributed by atoms with van der Waals surface area (Å²) in [6, 6.07) is 6.08. The molecule has 2 unspecified atom stereocenters. The largest absolute Gasteiger partial charge is 0.508 e. The lowest BCUT2D eigenvalue weighted by molar-refractivity contribution is -0.131. The van der Waals surface area contributed by atoms with E-state index in [4.69, 9.17) is 11.2 Å². The van der Waals surface area contributed by atoms with Crippen molar-refractivity contribution in [3.05, 3.63) is 77.8 Å². The van der Waals surface area contributed by atoms with Gasteiger partial charge in [-0.05, 0) is 42.5 Å². The van der Waals surface area contributed by atoms with Crippen LogP contribution in [0.15, 0.2) is 54.7 Å². The van der Waals surface area contributed by atoms with Gasteiger partial charge in [-0.2, -0.15) is 9.97 Å². The Kier molecular flexibility index (Phi) is 7.12. The molecule has 0 radical (unpaired) electrons. The third-order valence-electron chi connectivity index (χ3n) is 8.34. The first-order chi connectivity index (χ1) is 22.3. The monoisotopic (exact) mass is 623 g/mol. The molecule has 2 aromatic carbocycles. The second-order valence-electron chi connectivity index (χ2n) is 11.0. The lowest BCUT2D eigenvalue weighted by atomic mass is 9.96. The maximum Gasteiger partial charge on any atom is 0.318 e. The van der Waals surface area contributed by atoms with E-state index >= 15 is 8.78 Å². The average Bonchev–Trinajstić information content (AvgIpc) is 3.32. The molecule has 3 aromatic heterocycles. The van der Waals surface area contributed by atoms with Crippen LogP contribution in [-0.4, -0.2) is 73.1 Å². The lowest BCUT2D eigenvalue weighted by Crippen LogP contribution is -2.56. The number of hydrogen-bond donors (Lipinski definition) is 1. The van der Waals surface area contributed by atoms with E-state index in [1.165, 1.54) is 54.9 Å². The van der Waals surface area contributed by atoms with Gasteiger partial charge in [-0.1, -0.05) is 12.0 Å². The van der Waals surface area contributed by atoms with Gasteiger partial charge in [0.05, 0.1) is 30.1 Å². The molecule has 230 valence electrons. The molecule has 5 aromatic rings. The molecule has 7 rings (SSSR count). The maximum absolute atomic E-state index is 16.5. The Hall–Kier alpha value is -5.77. The molecule has 0 spiro atoms. The van der Waals surface area contributed by atoms with Crippen LogP contribution in [0.4, 0.5) is 19.0 Å². The van der Waals surface area contributed by atoms with E-state index in [0.29, 0.717) is 24.0 Å². The highest BCUT2D eigenvalue weighted by atomic mass is 19.1. The van der Waals surface area contributed by atoms with Crippen LogP contribution < -0.4 is 9.64 Å². The van der Waals surface area contributed by atoms with Gasteiger partial charge in [0, 0.05) is 48.7 Å². The van der Waals surface area contributed by atoms with Gasteiger partial charge in [0.1, 0.15) is 28.6 Å². The first-order valence-corrected chi connectivity index (χ1v) is 14.3. The molecule has 2 bridgehead atoms. The number of aromatic nitrogens is 5. The van der Waals surface area contributed by atoms with Gasteiger partial charge in [-0.25, -0.2) is 23.1 Å². The summed E-state index contributed by atoms with van der Waals surface area (Å²) in [6.07, 6.45) is 12.2. The van der Waals surface area contributed by atoms with E-state index in [1.54, 1.807) is 6.07 Å². The van der Waals surface area contributed by atoms with E-state index in [0.717, 1.165) is 6.08 Å². The van der Waals surface area contributed by atoms with Crippen LogP contribution in [0.3, 0.4) is 0 Å². The van der Waals surface area contributed by atoms with Crippen molar-refractivity contribution in [3.63, 3.8) is 0 Å². The Morgan fingerprint density at radius 3 is 2.54 bits per heavy atom. The van der Waals surface area contributed by atoms with Crippen LogP contribution in [0.25, 0.3) is 39.0 Å². The second kappa shape index (κ2) is 11.3. The molecule has 2 saturated heterocycles. The van der Waals surface area contributed by atoms with Crippen LogP contribution in [0.2, 0.25) is 0 Å². The Labute approximate surface area is 260 Å². The van der Waals surface area contributed by atoms with Crippen LogP contribution in [0, 0.1) is 24.0 Å². The van der Waals surface area contributed by atoms with Gasteiger partial charge in [-0.15, -0.1) is 6.42 Å². The van der Waals surface area contributed by atoms with E-state index in [2.05, 4.69) is 30.8 Å². The Bertz CT molecular complexity index is 2110. The van der Waals surface area contributed by atoms with Crippen molar-refractivity contribution < 1.29 is 27.8 Å². The number of nitrogens with zero attached hydrogens (tertiary/aromatic N) is 7. The van der Waals surface area contributed by atoms with E-state index in [-0.39, 0.29) is 75.9 Å². The molecule has 5 heterocycles. The predicted molar refractivity (Wildman–Crippen MR) is 163 cm³/mol. The van der Waals surface area contributed by atoms with E-state index < -0.39 is 23.4 Å². The highest BCUT2D eigenvalue weighted by Crippen LogP contribution is 2.40. The van der Waals surface area contributed by atoms with Crippen molar-refractivity contribution in [2.24, 2.45) is 0 Å². The highest BCUT2D eigenvalue weighted by Gasteiger charge is 2.44. The first-order valence-electron chi connectivity index (χ1n) is 14.3. The Morgan fingerprint density at radius 2 is 1.85 bits per heavy atom. The summed E-state index contributed by atoms with van der Waals surface area (Å²) in [5.74, 6) is -0.693. The number of hydrogen-bond acceptors (Lipinski definition) is 9. The number of rotatable bonds is 5. The normalized spacial score (nSPS) is 17.8. The van der Waals surface area contributed by atoms with Crippen molar-refractivity contribution >= 4 is 39.5 Å². The number of halogens is 3. The highest BCUT2D eigenvalue weighted by molar-refractivity contribution is 6.03. The zero-order valence-corrected chi connectivity index (χ0v) is 24.3. The number of pyridine rings is 1. The fraction of sp³-hybridized carbons (Fsp3) is 0.212. The fourth-order valence-electron chi connectivity index (χ4n) is 6.39. The molecule has 0 saturated carbocycles. The quantitative estimate of drug-likeness (QED) is 0.218. The minimum Gasteiger partial charge on any atom is -0.508 e. The molecule has 46 heavy (non-hydrogen) atoms. The summed E-state index contributed by atoms with van der Waals surface area (Å²) < 4.78 is 51.5. The Morgan fingerprint density at radius 1 is 1.11 bits per heavy atom. The van der Waals surface area contributed by atoms with Gasteiger partial charge in [0.2, 0.25) is 0 Å². The lowest BCUT2D eigenvalue weighted by Gasteiger charge is -2.41. The second-order valence-corrected chi connectivity index (χ2v) is 11.0. The SMILES string of the molecule is C#Cc1c(F)ccc2cc(O)cc(-c3ncc4c(N5CC6CCC(C5)N6C(=O)/C(F)=C/c5ncccn5)nc(OC)nc4c3F)c12. The van der Waals surface area contributed by atoms with Gasteiger partial charge < -0.3 is 19.6 Å². The standard InChI is InChI=1S/C33H24F3N7O3/c1-3-21-24(34)8-5-17-11-20(44)12-22(27(17)21)29-28(36)30-23(14-39-29)31(41-33(40-30)46-2)42-15-18-6-7-19(16-42)43(18)32(45)25(35)13-26-37-9-4-10-38-26/h1,4-5,8-14,18-19,44H,6-7,15-16H2,2H3/b25-13-. The van der Waals surface area contributed by atoms with Gasteiger partial charge >= 0.3 is 6.01 Å².